The number of aryl methyl sites for hydroxylation is 2. The lowest BCUT2D eigenvalue weighted by Gasteiger charge is -1.99. The third kappa shape index (κ3) is 2.42. The van der Waals surface area contributed by atoms with Crippen molar-refractivity contribution >= 4 is 27.8 Å². The second kappa shape index (κ2) is 4.66. The Balaban J connectivity index is 2.24. The van der Waals surface area contributed by atoms with E-state index < -0.39 is 0 Å². The highest BCUT2D eigenvalue weighted by Crippen LogP contribution is 2.21. The van der Waals surface area contributed by atoms with Gasteiger partial charge in [-0.25, -0.2) is 0 Å². The highest BCUT2D eigenvalue weighted by Gasteiger charge is 1.96. The Morgan fingerprint density at radius 1 is 1.31 bits per heavy atom. The third-order valence-electron chi connectivity index (χ3n) is 2.47. The summed E-state index contributed by atoms with van der Waals surface area (Å²) in [4.78, 5) is 4.44. The normalized spacial score (nSPS) is 11.2. The Labute approximate surface area is 104 Å². The number of hydrogen-bond acceptors (Lipinski definition) is 1. The van der Waals surface area contributed by atoms with Crippen LogP contribution in [-0.4, -0.2) is 10.8 Å². The van der Waals surface area contributed by atoms with Gasteiger partial charge in [0.1, 0.15) is 0 Å². The molecule has 0 fully saturated rings. The fourth-order valence-corrected chi connectivity index (χ4v) is 1.70. The van der Waals surface area contributed by atoms with E-state index in [9.17, 15) is 0 Å². The molecule has 2 nitrogen and oxygen atoms in total. The molecule has 82 valence electrons. The van der Waals surface area contributed by atoms with Gasteiger partial charge in [0.2, 0.25) is 0 Å². The van der Waals surface area contributed by atoms with Gasteiger partial charge < -0.3 is 4.57 Å². The van der Waals surface area contributed by atoms with Crippen LogP contribution in [0.15, 0.2) is 46.0 Å². The molecule has 1 heterocycles. The van der Waals surface area contributed by atoms with Crippen molar-refractivity contribution in [3.63, 3.8) is 0 Å². The van der Waals surface area contributed by atoms with Crippen molar-refractivity contribution in [2.24, 2.45) is 12.0 Å². The molecule has 16 heavy (non-hydrogen) atoms. The zero-order chi connectivity index (χ0) is 11.5. The molecule has 2 rings (SSSR count). The van der Waals surface area contributed by atoms with Gasteiger partial charge in [0.05, 0.1) is 17.6 Å². The first-order valence-electron chi connectivity index (χ1n) is 5.08. The molecule has 0 radical (unpaired) electrons. The van der Waals surface area contributed by atoms with Crippen LogP contribution in [0.25, 0.3) is 0 Å². The smallest absolute Gasteiger partial charge is 0.0633 e. The first kappa shape index (κ1) is 11.1. The molecular formula is C13H13BrN2. The summed E-state index contributed by atoms with van der Waals surface area (Å²) < 4.78 is 3.15. The number of hydrogen-bond donors (Lipinski definition) is 0. The van der Waals surface area contributed by atoms with Crippen LogP contribution in [0.5, 0.6) is 0 Å². The van der Waals surface area contributed by atoms with Gasteiger partial charge in [-0.1, -0.05) is 15.9 Å². The van der Waals surface area contributed by atoms with Gasteiger partial charge in [-0.15, -0.1) is 0 Å². The zero-order valence-electron chi connectivity index (χ0n) is 9.31. The number of aromatic nitrogens is 1. The predicted molar refractivity (Wildman–Crippen MR) is 71.5 cm³/mol. The van der Waals surface area contributed by atoms with Gasteiger partial charge in [0.25, 0.3) is 0 Å². The summed E-state index contributed by atoms with van der Waals surface area (Å²) in [6.07, 6.45) is 3.89. The summed E-state index contributed by atoms with van der Waals surface area (Å²) in [5.74, 6) is 0. The van der Waals surface area contributed by atoms with E-state index >= 15 is 0 Å². The number of aliphatic imine (C=N–C) groups is 1. The van der Waals surface area contributed by atoms with Gasteiger partial charge in [-0.05, 0) is 42.8 Å². The fourth-order valence-electron chi connectivity index (χ4n) is 1.46. The van der Waals surface area contributed by atoms with Crippen LogP contribution in [0.2, 0.25) is 0 Å². The quantitative estimate of drug-likeness (QED) is 0.742. The number of halogens is 1. The predicted octanol–water partition coefficient (Wildman–Crippen LogP) is 3.85. The van der Waals surface area contributed by atoms with Crippen molar-refractivity contribution in [2.45, 2.75) is 6.92 Å². The molecule has 0 amide bonds. The highest BCUT2D eigenvalue weighted by atomic mass is 79.9. The van der Waals surface area contributed by atoms with E-state index in [2.05, 4.69) is 33.9 Å². The standard InChI is InChI=1S/C13H13BrN2/c1-10-8-11(5-6-13(10)14)15-9-12-4-3-7-16(12)2/h3-9H,1-2H3. The zero-order valence-corrected chi connectivity index (χ0v) is 10.9. The Morgan fingerprint density at radius 3 is 2.75 bits per heavy atom. The molecule has 0 aliphatic rings. The van der Waals surface area contributed by atoms with Crippen LogP contribution in [-0.2, 0) is 7.05 Å². The van der Waals surface area contributed by atoms with Gasteiger partial charge in [0.15, 0.2) is 0 Å². The maximum Gasteiger partial charge on any atom is 0.0633 e. The number of nitrogens with zero attached hydrogens (tertiary/aromatic N) is 2. The van der Waals surface area contributed by atoms with Crippen LogP contribution in [0.4, 0.5) is 5.69 Å². The average molecular weight is 277 g/mol. The third-order valence-corrected chi connectivity index (χ3v) is 3.36. The van der Waals surface area contributed by atoms with Crippen LogP contribution >= 0.6 is 15.9 Å². The minimum Gasteiger partial charge on any atom is -0.350 e. The first-order chi connectivity index (χ1) is 7.66. The van der Waals surface area contributed by atoms with E-state index in [0.29, 0.717) is 0 Å². The van der Waals surface area contributed by atoms with E-state index in [4.69, 9.17) is 0 Å². The van der Waals surface area contributed by atoms with Gasteiger partial charge in [0, 0.05) is 17.7 Å². The molecular weight excluding hydrogens is 264 g/mol. The number of benzene rings is 1. The molecule has 0 saturated heterocycles. The summed E-state index contributed by atoms with van der Waals surface area (Å²) in [7, 11) is 2.01. The van der Waals surface area contributed by atoms with Crippen molar-refractivity contribution in [3.8, 4) is 0 Å². The van der Waals surface area contributed by atoms with Crippen molar-refractivity contribution < 1.29 is 0 Å². The second-order valence-electron chi connectivity index (χ2n) is 3.74. The lowest BCUT2D eigenvalue weighted by atomic mass is 10.2. The summed E-state index contributed by atoms with van der Waals surface area (Å²) in [6, 6.07) is 10.1. The lowest BCUT2D eigenvalue weighted by molar-refractivity contribution is 0.918. The molecule has 1 aromatic heterocycles. The maximum atomic E-state index is 4.44. The number of rotatable bonds is 2. The van der Waals surface area contributed by atoms with Gasteiger partial charge in [-0.3, -0.25) is 4.99 Å². The molecule has 0 aliphatic heterocycles. The molecule has 0 unspecified atom stereocenters. The molecule has 3 heteroatoms. The van der Waals surface area contributed by atoms with E-state index in [1.807, 2.05) is 48.3 Å². The monoisotopic (exact) mass is 276 g/mol. The summed E-state index contributed by atoms with van der Waals surface area (Å²) in [5, 5.41) is 0. The van der Waals surface area contributed by atoms with E-state index in [1.54, 1.807) is 0 Å². The topological polar surface area (TPSA) is 17.3 Å². The average Bonchev–Trinajstić information content (AvgIpc) is 2.66. The first-order valence-corrected chi connectivity index (χ1v) is 5.87. The minimum atomic E-state index is 0.974. The molecule has 0 spiro atoms. The minimum absolute atomic E-state index is 0.974. The molecule has 2 aromatic rings. The van der Waals surface area contributed by atoms with Crippen molar-refractivity contribution in [1.82, 2.24) is 4.57 Å². The molecule has 0 aliphatic carbocycles. The molecule has 1 aromatic carbocycles. The van der Waals surface area contributed by atoms with Crippen LogP contribution < -0.4 is 0 Å². The van der Waals surface area contributed by atoms with E-state index in [1.165, 1.54) is 5.56 Å². The summed E-state index contributed by atoms with van der Waals surface area (Å²) >= 11 is 3.47. The fraction of sp³-hybridized carbons (Fsp3) is 0.154. The molecule has 0 N–H and O–H groups in total. The van der Waals surface area contributed by atoms with Crippen LogP contribution in [0, 0.1) is 6.92 Å². The highest BCUT2D eigenvalue weighted by molar-refractivity contribution is 9.10. The Morgan fingerprint density at radius 2 is 2.12 bits per heavy atom. The Hall–Kier alpha value is -1.35. The van der Waals surface area contributed by atoms with Crippen LogP contribution in [0.3, 0.4) is 0 Å². The van der Waals surface area contributed by atoms with Crippen LogP contribution in [0.1, 0.15) is 11.3 Å². The molecule has 0 bridgehead atoms. The van der Waals surface area contributed by atoms with Crippen molar-refractivity contribution in [2.75, 3.05) is 0 Å². The largest absolute Gasteiger partial charge is 0.350 e. The Kier molecular flexibility index (Phi) is 3.25. The SMILES string of the molecule is Cc1cc(N=Cc2cccn2C)ccc1Br. The van der Waals surface area contributed by atoms with E-state index in [0.717, 1.165) is 15.9 Å². The van der Waals surface area contributed by atoms with Crippen molar-refractivity contribution in [3.05, 3.63) is 52.3 Å². The summed E-state index contributed by atoms with van der Waals surface area (Å²) in [6.45, 7) is 2.06. The lowest BCUT2D eigenvalue weighted by Crippen LogP contribution is -1.91. The Bertz CT molecular complexity index is 526. The van der Waals surface area contributed by atoms with Gasteiger partial charge in [-0.2, -0.15) is 0 Å². The van der Waals surface area contributed by atoms with Crippen molar-refractivity contribution in [1.29, 1.82) is 0 Å². The molecule has 0 atom stereocenters. The second-order valence-corrected chi connectivity index (χ2v) is 4.59. The maximum absolute atomic E-state index is 4.44. The summed E-state index contributed by atoms with van der Waals surface area (Å²) in [5.41, 5.74) is 3.27. The van der Waals surface area contributed by atoms with E-state index in [-0.39, 0.29) is 0 Å². The molecule has 0 saturated carbocycles. The van der Waals surface area contributed by atoms with Gasteiger partial charge >= 0.3 is 0 Å².